The Bertz CT molecular complexity index is 1260. The van der Waals surface area contributed by atoms with E-state index < -0.39 is 11.9 Å². The van der Waals surface area contributed by atoms with Crippen molar-refractivity contribution in [3.8, 4) is 0 Å². The second-order valence-corrected chi connectivity index (χ2v) is 8.57. The Kier molecular flexibility index (Phi) is 5.97. The number of hydrogen-bond acceptors (Lipinski definition) is 5. The number of hydrogen-bond donors (Lipinski definition) is 2. The number of alkyl halides is 1. The normalized spacial score (nSPS) is 21.1. The van der Waals surface area contributed by atoms with Crippen molar-refractivity contribution < 1.29 is 14.4 Å². The maximum atomic E-state index is 13.4. The lowest BCUT2D eigenvalue weighted by molar-refractivity contribution is -0.135. The molecule has 3 amide bonds. The second kappa shape index (κ2) is 8.70. The topological polar surface area (TPSA) is 110 Å². The molecule has 2 aliphatic rings. The van der Waals surface area contributed by atoms with E-state index in [1.54, 1.807) is 37.3 Å². The van der Waals surface area contributed by atoms with E-state index in [1.165, 1.54) is 4.57 Å². The number of carbonyl (C=O) groups excluding carboxylic acids is 3. The highest BCUT2D eigenvalue weighted by Crippen LogP contribution is 2.23. The Labute approximate surface area is 189 Å². The Morgan fingerprint density at radius 2 is 2.06 bits per heavy atom. The number of aromatic nitrogens is 2. The van der Waals surface area contributed by atoms with Crippen LogP contribution < -0.4 is 16.2 Å². The largest absolute Gasteiger partial charge is 0.348 e. The third kappa shape index (κ3) is 4.10. The van der Waals surface area contributed by atoms with Crippen LogP contribution in [0.5, 0.6) is 0 Å². The Morgan fingerprint density at radius 1 is 1.28 bits per heavy atom. The first-order valence-corrected chi connectivity index (χ1v) is 10.8. The zero-order valence-corrected chi connectivity index (χ0v) is 18.5. The minimum Gasteiger partial charge on any atom is -0.348 e. The van der Waals surface area contributed by atoms with E-state index in [1.807, 2.05) is 6.92 Å². The predicted molar refractivity (Wildman–Crippen MR) is 120 cm³/mol. The first kappa shape index (κ1) is 22.0. The molecule has 4 rings (SSSR count). The van der Waals surface area contributed by atoms with Crippen LogP contribution in [0.15, 0.2) is 46.3 Å². The van der Waals surface area contributed by atoms with Gasteiger partial charge in [-0.15, -0.1) is 11.6 Å². The summed E-state index contributed by atoms with van der Waals surface area (Å²) in [5.41, 5.74) is 2.18. The smallest absolute Gasteiger partial charge is 0.262 e. The molecule has 8 nitrogen and oxygen atoms in total. The lowest BCUT2D eigenvalue weighted by Crippen LogP contribution is -2.45. The second-order valence-electron chi connectivity index (χ2n) is 8.05. The fraction of sp³-hybridized carbons (Fsp3) is 0.348. The summed E-state index contributed by atoms with van der Waals surface area (Å²) in [5.74, 6) is -0.726. The monoisotopic (exact) mass is 454 g/mol. The molecule has 9 heteroatoms. The van der Waals surface area contributed by atoms with Crippen molar-refractivity contribution in [3.63, 3.8) is 0 Å². The average Bonchev–Trinajstić information content (AvgIpc) is 2.75. The highest BCUT2D eigenvalue weighted by molar-refractivity contribution is 6.22. The molecule has 166 valence electrons. The highest BCUT2D eigenvalue weighted by Gasteiger charge is 2.30. The molecule has 1 aliphatic heterocycles. The number of allylic oxidation sites excluding steroid dienone is 2. The maximum absolute atomic E-state index is 13.4. The summed E-state index contributed by atoms with van der Waals surface area (Å²) >= 11 is 6.17. The number of halogens is 1. The molecule has 0 spiro atoms. The van der Waals surface area contributed by atoms with Crippen molar-refractivity contribution in [2.75, 3.05) is 0 Å². The van der Waals surface area contributed by atoms with Gasteiger partial charge in [0.05, 0.1) is 16.3 Å². The van der Waals surface area contributed by atoms with Crippen LogP contribution in [0.2, 0.25) is 0 Å². The summed E-state index contributed by atoms with van der Waals surface area (Å²) in [6, 6.07) is 4.44. The van der Waals surface area contributed by atoms with E-state index in [9.17, 15) is 19.2 Å². The molecule has 2 atom stereocenters. The van der Waals surface area contributed by atoms with E-state index in [2.05, 4.69) is 15.6 Å². The average molecular weight is 455 g/mol. The van der Waals surface area contributed by atoms with Crippen LogP contribution in [0.25, 0.3) is 10.9 Å². The van der Waals surface area contributed by atoms with Crippen molar-refractivity contribution in [2.45, 2.75) is 51.1 Å². The summed E-state index contributed by atoms with van der Waals surface area (Å²) in [6.45, 7) is 3.67. The zero-order chi connectivity index (χ0) is 23.0. The Balaban J connectivity index is 1.66. The number of benzene rings is 1. The Hall–Kier alpha value is -3.26. The molecule has 0 radical (unpaired) electrons. The molecular weight excluding hydrogens is 432 g/mol. The van der Waals surface area contributed by atoms with Crippen LogP contribution in [0, 0.1) is 6.92 Å². The van der Waals surface area contributed by atoms with Crippen LogP contribution >= 0.6 is 11.6 Å². The maximum Gasteiger partial charge on any atom is 0.262 e. The summed E-state index contributed by atoms with van der Waals surface area (Å²) < 4.78 is 1.34. The van der Waals surface area contributed by atoms with Gasteiger partial charge >= 0.3 is 0 Å². The summed E-state index contributed by atoms with van der Waals surface area (Å²) in [5, 5.41) is 5.38. The third-order valence-electron chi connectivity index (χ3n) is 5.84. The molecule has 2 N–H and O–H groups in total. The number of carbonyl (C=O) groups is 3. The molecule has 2 aromatic rings. The molecule has 1 aliphatic carbocycles. The molecule has 1 aromatic carbocycles. The molecule has 1 fully saturated rings. The summed E-state index contributed by atoms with van der Waals surface area (Å²) in [6.07, 6.45) is 4.54. The third-order valence-corrected chi connectivity index (χ3v) is 6.36. The first-order chi connectivity index (χ1) is 15.3. The van der Waals surface area contributed by atoms with Gasteiger partial charge in [0.2, 0.25) is 11.8 Å². The zero-order valence-electron chi connectivity index (χ0n) is 17.8. The number of fused-ring (bicyclic) bond motifs is 1. The molecule has 0 bridgehead atoms. The molecule has 32 heavy (non-hydrogen) atoms. The van der Waals surface area contributed by atoms with Crippen molar-refractivity contribution >= 4 is 40.2 Å². The molecule has 2 heterocycles. The Morgan fingerprint density at radius 3 is 2.78 bits per heavy atom. The molecule has 0 saturated carbocycles. The van der Waals surface area contributed by atoms with Gasteiger partial charge in [-0.25, -0.2) is 4.98 Å². The van der Waals surface area contributed by atoms with Gasteiger partial charge in [-0.2, -0.15) is 0 Å². The number of aryl methyl sites for hydroxylation is 1. The van der Waals surface area contributed by atoms with Gasteiger partial charge in [-0.3, -0.25) is 29.1 Å². The quantitative estimate of drug-likeness (QED) is 0.543. The lowest BCUT2D eigenvalue weighted by Gasteiger charge is -2.24. The number of piperidine rings is 1. The van der Waals surface area contributed by atoms with Gasteiger partial charge in [0, 0.05) is 18.5 Å². The van der Waals surface area contributed by atoms with E-state index >= 15 is 0 Å². The van der Waals surface area contributed by atoms with Gasteiger partial charge in [0.25, 0.3) is 11.5 Å². The molecule has 1 saturated heterocycles. The van der Waals surface area contributed by atoms with Gasteiger partial charge in [0.15, 0.2) is 0 Å². The van der Waals surface area contributed by atoms with Crippen molar-refractivity contribution in [1.82, 2.24) is 20.2 Å². The highest BCUT2D eigenvalue weighted by atomic mass is 35.5. The first-order valence-electron chi connectivity index (χ1n) is 10.4. The van der Waals surface area contributed by atoms with E-state index in [-0.39, 0.29) is 42.1 Å². The van der Waals surface area contributed by atoms with Crippen LogP contribution in [0.1, 0.15) is 43.6 Å². The number of nitrogens with one attached hydrogen (secondary N) is 2. The van der Waals surface area contributed by atoms with Gasteiger partial charge in [-0.05, 0) is 44.4 Å². The SMILES string of the molecule is CC1=CC(C(=O)NCc2cccc3nc(C)n(C4CCC(=O)NC4=O)c(=O)c23)=CCC1Cl. The van der Waals surface area contributed by atoms with Crippen LogP contribution in [-0.4, -0.2) is 32.6 Å². The fourth-order valence-corrected chi connectivity index (χ4v) is 4.26. The summed E-state index contributed by atoms with van der Waals surface area (Å²) in [4.78, 5) is 54.5. The van der Waals surface area contributed by atoms with Crippen LogP contribution in [0.3, 0.4) is 0 Å². The van der Waals surface area contributed by atoms with Gasteiger partial charge < -0.3 is 5.32 Å². The van der Waals surface area contributed by atoms with E-state index in [0.29, 0.717) is 34.3 Å². The van der Waals surface area contributed by atoms with Crippen molar-refractivity contribution in [3.05, 3.63) is 63.2 Å². The molecule has 2 unspecified atom stereocenters. The molecular formula is C23H23ClN4O4. The van der Waals surface area contributed by atoms with Gasteiger partial charge in [0.1, 0.15) is 11.9 Å². The minimum absolute atomic E-state index is 0.107. The number of amides is 3. The van der Waals surface area contributed by atoms with Crippen LogP contribution in [-0.2, 0) is 20.9 Å². The van der Waals surface area contributed by atoms with E-state index in [0.717, 1.165) is 5.57 Å². The lowest BCUT2D eigenvalue weighted by atomic mass is 9.99. The summed E-state index contributed by atoms with van der Waals surface area (Å²) in [7, 11) is 0. The predicted octanol–water partition coefficient (Wildman–Crippen LogP) is 2.18. The molecule has 1 aromatic heterocycles. The minimum atomic E-state index is -0.802. The standard InChI is InChI=1S/C23H23ClN4O4/c1-12-10-14(6-7-16(12)24)21(30)25-11-15-4-3-5-17-20(15)23(32)28(13(2)26-17)18-8-9-19(29)27-22(18)31/h3-6,10,16,18H,7-9,11H2,1-2H3,(H,25,30)(H,27,29,31). The number of nitrogens with zero attached hydrogens (tertiary/aromatic N) is 2. The number of rotatable bonds is 4. The number of imide groups is 1. The van der Waals surface area contributed by atoms with Crippen molar-refractivity contribution in [1.29, 1.82) is 0 Å². The van der Waals surface area contributed by atoms with Crippen molar-refractivity contribution in [2.24, 2.45) is 0 Å². The van der Waals surface area contributed by atoms with Gasteiger partial charge in [-0.1, -0.05) is 23.8 Å². The fourth-order valence-electron chi connectivity index (χ4n) is 4.11. The van der Waals surface area contributed by atoms with Crippen LogP contribution in [0.4, 0.5) is 0 Å². The van der Waals surface area contributed by atoms with E-state index in [4.69, 9.17) is 11.6 Å².